The summed E-state index contributed by atoms with van der Waals surface area (Å²) in [6.07, 6.45) is 26.3. The van der Waals surface area contributed by atoms with Crippen molar-refractivity contribution in [1.29, 1.82) is 0 Å². The van der Waals surface area contributed by atoms with Crippen molar-refractivity contribution in [1.82, 2.24) is 4.98 Å². The molecule has 0 bridgehead atoms. The summed E-state index contributed by atoms with van der Waals surface area (Å²) in [6, 6.07) is 4.16. The Bertz CT molecular complexity index is 337. The van der Waals surface area contributed by atoms with Crippen molar-refractivity contribution in [2.24, 2.45) is 0 Å². The average molecular weight is 304 g/mol. The van der Waals surface area contributed by atoms with Gasteiger partial charge in [-0.15, -0.1) is 0 Å². The van der Waals surface area contributed by atoms with Crippen LogP contribution in [0.2, 0.25) is 0 Å². The maximum atomic E-state index is 3.20. The smallest absolute Gasteiger partial charge is 0.0377 e. The highest BCUT2D eigenvalue weighted by atomic mass is 14.7. The summed E-state index contributed by atoms with van der Waals surface area (Å²) in [5.41, 5.74) is 1.22. The Morgan fingerprint density at radius 2 is 1.32 bits per heavy atom. The molecular formula is C21H37N. The van der Waals surface area contributed by atoms with E-state index >= 15 is 0 Å². The van der Waals surface area contributed by atoms with Crippen LogP contribution in [0.3, 0.4) is 0 Å². The Hall–Kier alpha value is -0.980. The molecule has 1 heteroatoms. The zero-order valence-corrected chi connectivity index (χ0v) is 14.8. The number of rotatable bonds is 15. The Labute approximate surface area is 138 Å². The van der Waals surface area contributed by atoms with Gasteiger partial charge in [0, 0.05) is 11.9 Å². The van der Waals surface area contributed by atoms with Crippen LogP contribution in [0.5, 0.6) is 0 Å². The van der Waals surface area contributed by atoms with Crippen LogP contribution in [0.15, 0.2) is 24.4 Å². The van der Waals surface area contributed by atoms with Crippen LogP contribution in [-0.4, -0.2) is 4.98 Å². The molecule has 0 saturated carbocycles. The molecule has 1 nitrogen and oxygen atoms in total. The molecule has 126 valence electrons. The molecule has 1 N–H and O–H groups in total. The molecule has 0 atom stereocenters. The third-order valence-corrected chi connectivity index (χ3v) is 4.39. The van der Waals surface area contributed by atoms with Crippen LogP contribution in [0.1, 0.15) is 103 Å². The van der Waals surface area contributed by atoms with Gasteiger partial charge in [0.05, 0.1) is 0 Å². The van der Waals surface area contributed by atoms with E-state index < -0.39 is 0 Å². The van der Waals surface area contributed by atoms with E-state index in [1.807, 2.05) is 12.3 Å². The van der Waals surface area contributed by atoms with E-state index in [-0.39, 0.29) is 0 Å². The minimum Gasteiger partial charge on any atom is -0.362 e. The van der Waals surface area contributed by atoms with E-state index in [0.717, 1.165) is 0 Å². The van der Waals surface area contributed by atoms with Crippen LogP contribution < -0.4 is 0 Å². The third kappa shape index (κ3) is 11.7. The molecule has 0 fully saturated rings. The molecule has 1 heterocycles. The van der Waals surface area contributed by atoms with Gasteiger partial charge in [-0.3, -0.25) is 0 Å². The van der Waals surface area contributed by atoms with E-state index in [1.54, 1.807) is 0 Å². The lowest BCUT2D eigenvalue weighted by atomic mass is 10.0. The molecule has 0 unspecified atom stereocenters. The monoisotopic (exact) mass is 303 g/mol. The van der Waals surface area contributed by atoms with Gasteiger partial charge in [-0.2, -0.15) is 0 Å². The predicted octanol–water partition coefficient (Wildman–Crippen LogP) is 7.51. The zero-order valence-electron chi connectivity index (χ0n) is 14.8. The number of hydrogen-bond donors (Lipinski definition) is 1. The van der Waals surface area contributed by atoms with Gasteiger partial charge in [0.1, 0.15) is 0 Å². The summed E-state index contributed by atoms with van der Waals surface area (Å²) in [4.78, 5) is 3.20. The molecule has 0 aliphatic heterocycles. The first-order valence-electron chi connectivity index (χ1n) is 9.73. The van der Waals surface area contributed by atoms with Gasteiger partial charge in [-0.25, -0.2) is 0 Å². The zero-order chi connectivity index (χ0) is 15.7. The van der Waals surface area contributed by atoms with Crippen LogP contribution >= 0.6 is 0 Å². The number of nitrogens with one attached hydrogen (secondary N) is 1. The van der Waals surface area contributed by atoms with Crippen molar-refractivity contribution in [3.8, 4) is 0 Å². The van der Waals surface area contributed by atoms with Crippen molar-refractivity contribution >= 4 is 6.08 Å². The maximum Gasteiger partial charge on any atom is 0.0377 e. The Balaban J connectivity index is 1.73. The summed E-state index contributed by atoms with van der Waals surface area (Å²) in [7, 11) is 0. The van der Waals surface area contributed by atoms with Crippen molar-refractivity contribution < 1.29 is 0 Å². The lowest BCUT2D eigenvalue weighted by molar-refractivity contribution is 0.540. The minimum atomic E-state index is 1.22. The summed E-state index contributed by atoms with van der Waals surface area (Å²) >= 11 is 0. The molecule has 1 aromatic heterocycles. The highest BCUT2D eigenvalue weighted by Gasteiger charge is 1.93. The van der Waals surface area contributed by atoms with E-state index in [1.165, 1.54) is 95.6 Å². The van der Waals surface area contributed by atoms with Crippen molar-refractivity contribution in [2.75, 3.05) is 0 Å². The van der Waals surface area contributed by atoms with E-state index in [0.29, 0.717) is 0 Å². The summed E-state index contributed by atoms with van der Waals surface area (Å²) in [6.45, 7) is 2.29. The molecular weight excluding hydrogens is 266 g/mol. The Kier molecular flexibility index (Phi) is 12.9. The number of H-pyrrole nitrogens is 1. The standard InChI is InChI=1S/C21H37N/c1-2-3-4-5-6-7-8-9-10-11-12-13-14-15-16-18-21-19-17-20-22-21/h16-20,22H,2-15H2,1H3. The van der Waals surface area contributed by atoms with Crippen LogP contribution in [0.4, 0.5) is 0 Å². The number of allylic oxidation sites excluding steroid dienone is 1. The van der Waals surface area contributed by atoms with Gasteiger partial charge in [0.2, 0.25) is 0 Å². The highest BCUT2D eigenvalue weighted by molar-refractivity contribution is 5.43. The van der Waals surface area contributed by atoms with Crippen molar-refractivity contribution in [2.45, 2.75) is 96.8 Å². The quantitative estimate of drug-likeness (QED) is 0.323. The second-order valence-corrected chi connectivity index (χ2v) is 6.56. The fourth-order valence-electron chi connectivity index (χ4n) is 2.94. The highest BCUT2D eigenvalue weighted by Crippen LogP contribution is 2.13. The first-order valence-corrected chi connectivity index (χ1v) is 9.73. The van der Waals surface area contributed by atoms with Crippen LogP contribution in [-0.2, 0) is 0 Å². The van der Waals surface area contributed by atoms with Gasteiger partial charge in [-0.1, -0.05) is 90.0 Å². The summed E-state index contributed by atoms with van der Waals surface area (Å²) in [5.74, 6) is 0. The molecule has 22 heavy (non-hydrogen) atoms. The molecule has 0 radical (unpaired) electrons. The third-order valence-electron chi connectivity index (χ3n) is 4.39. The normalized spacial score (nSPS) is 11.5. The molecule has 0 aromatic carbocycles. The predicted molar refractivity (Wildman–Crippen MR) is 100 cm³/mol. The van der Waals surface area contributed by atoms with Gasteiger partial charge in [0.25, 0.3) is 0 Å². The van der Waals surface area contributed by atoms with E-state index in [4.69, 9.17) is 0 Å². The van der Waals surface area contributed by atoms with Crippen molar-refractivity contribution in [3.05, 3.63) is 30.1 Å². The molecule has 0 amide bonds. The average Bonchev–Trinajstić information content (AvgIpc) is 3.04. The lowest BCUT2D eigenvalue weighted by Crippen LogP contribution is -1.82. The number of aromatic nitrogens is 1. The molecule has 1 aromatic rings. The second kappa shape index (κ2) is 14.9. The van der Waals surface area contributed by atoms with Gasteiger partial charge >= 0.3 is 0 Å². The van der Waals surface area contributed by atoms with Gasteiger partial charge < -0.3 is 4.98 Å². The minimum absolute atomic E-state index is 1.22. The molecule has 1 rings (SSSR count). The van der Waals surface area contributed by atoms with Crippen LogP contribution in [0, 0.1) is 0 Å². The fourth-order valence-corrected chi connectivity index (χ4v) is 2.94. The topological polar surface area (TPSA) is 15.8 Å². The van der Waals surface area contributed by atoms with E-state index in [9.17, 15) is 0 Å². The fraction of sp³-hybridized carbons (Fsp3) is 0.714. The van der Waals surface area contributed by atoms with Crippen molar-refractivity contribution in [3.63, 3.8) is 0 Å². The molecule has 0 aliphatic rings. The molecule has 0 saturated heterocycles. The molecule has 0 spiro atoms. The SMILES string of the molecule is CCCCCCCCCCCCCCCC=Cc1ccc[nH]1. The van der Waals surface area contributed by atoms with Gasteiger partial charge in [0.15, 0.2) is 0 Å². The second-order valence-electron chi connectivity index (χ2n) is 6.56. The van der Waals surface area contributed by atoms with E-state index in [2.05, 4.69) is 30.1 Å². The lowest BCUT2D eigenvalue weighted by Gasteiger charge is -2.02. The largest absolute Gasteiger partial charge is 0.362 e. The van der Waals surface area contributed by atoms with Crippen LogP contribution in [0.25, 0.3) is 6.08 Å². The number of aromatic amines is 1. The number of unbranched alkanes of at least 4 members (excludes halogenated alkanes) is 13. The maximum absolute atomic E-state index is 3.20. The summed E-state index contributed by atoms with van der Waals surface area (Å²) in [5, 5.41) is 0. The first kappa shape index (κ1) is 19.1. The Morgan fingerprint density at radius 1 is 0.773 bits per heavy atom. The first-order chi connectivity index (χ1) is 10.9. The number of hydrogen-bond acceptors (Lipinski definition) is 0. The summed E-state index contributed by atoms with van der Waals surface area (Å²) < 4.78 is 0. The Morgan fingerprint density at radius 3 is 1.82 bits per heavy atom. The molecule has 0 aliphatic carbocycles. The van der Waals surface area contributed by atoms with Gasteiger partial charge in [-0.05, 0) is 31.1 Å².